The molecule has 20 heavy (non-hydrogen) atoms. The van der Waals surface area contributed by atoms with Gasteiger partial charge in [-0.05, 0) is 36.6 Å². The van der Waals surface area contributed by atoms with Crippen molar-refractivity contribution in [1.29, 1.82) is 0 Å². The highest BCUT2D eigenvalue weighted by atomic mass is 79.9. The summed E-state index contributed by atoms with van der Waals surface area (Å²) in [7, 11) is 0. The summed E-state index contributed by atoms with van der Waals surface area (Å²) in [5, 5.41) is 0. The lowest BCUT2D eigenvalue weighted by molar-refractivity contribution is -0.290. The van der Waals surface area contributed by atoms with Gasteiger partial charge < -0.3 is 5.73 Å². The second kappa shape index (κ2) is 5.55. The molecule has 2 N–H and O–H groups in total. The van der Waals surface area contributed by atoms with Crippen LogP contribution in [0.25, 0.3) is 0 Å². The van der Waals surface area contributed by atoms with Crippen molar-refractivity contribution in [1.82, 2.24) is 0 Å². The third kappa shape index (κ3) is 3.66. The van der Waals surface area contributed by atoms with Gasteiger partial charge in [-0.2, -0.15) is 26.3 Å². The van der Waals surface area contributed by atoms with Gasteiger partial charge in [-0.25, -0.2) is 0 Å². The summed E-state index contributed by atoms with van der Waals surface area (Å²) in [6, 6.07) is 0.505. The Labute approximate surface area is 120 Å². The third-order valence-electron chi connectivity index (χ3n) is 2.97. The summed E-state index contributed by atoms with van der Waals surface area (Å²) in [5.74, 6) is -3.59. The number of hydrogen-bond donors (Lipinski definition) is 1. The van der Waals surface area contributed by atoms with E-state index >= 15 is 0 Å². The molecular weight excluding hydrogens is 352 g/mol. The quantitative estimate of drug-likeness (QED) is 0.750. The first-order valence-corrected chi connectivity index (χ1v) is 6.30. The average molecular weight is 364 g/mol. The molecule has 0 saturated carbocycles. The summed E-state index contributed by atoms with van der Waals surface area (Å²) in [5.41, 5.74) is 5.90. The highest BCUT2D eigenvalue weighted by Gasteiger charge is 2.59. The Morgan fingerprint density at radius 1 is 0.950 bits per heavy atom. The fourth-order valence-electron chi connectivity index (χ4n) is 1.93. The topological polar surface area (TPSA) is 26.0 Å². The minimum Gasteiger partial charge on any atom is -0.323 e. The molecule has 1 unspecified atom stereocenters. The van der Waals surface area contributed by atoms with Gasteiger partial charge in [0, 0.05) is 4.47 Å². The van der Waals surface area contributed by atoms with E-state index in [9.17, 15) is 26.3 Å². The van der Waals surface area contributed by atoms with Gasteiger partial charge in [0.15, 0.2) is 5.92 Å². The Balaban J connectivity index is 3.34. The van der Waals surface area contributed by atoms with E-state index in [0.717, 1.165) is 0 Å². The first kappa shape index (κ1) is 17.3. The molecule has 0 aromatic heterocycles. The van der Waals surface area contributed by atoms with Crippen LogP contribution in [0, 0.1) is 19.8 Å². The van der Waals surface area contributed by atoms with E-state index < -0.39 is 24.3 Å². The number of hydrogen-bond acceptors (Lipinski definition) is 1. The number of nitrogens with two attached hydrogens (primary N) is 1. The van der Waals surface area contributed by atoms with Gasteiger partial charge in [-0.1, -0.05) is 22.0 Å². The predicted molar refractivity (Wildman–Crippen MR) is 66.1 cm³/mol. The number of alkyl halides is 6. The van der Waals surface area contributed by atoms with Crippen LogP contribution in [0.15, 0.2) is 16.6 Å². The average Bonchev–Trinajstić information content (AvgIpc) is 2.18. The Kier molecular flexibility index (Phi) is 4.80. The van der Waals surface area contributed by atoms with E-state index in [1.54, 1.807) is 6.92 Å². The molecule has 1 rings (SSSR count). The van der Waals surface area contributed by atoms with Crippen molar-refractivity contribution < 1.29 is 26.3 Å². The summed E-state index contributed by atoms with van der Waals surface area (Å²) in [6.45, 7) is 2.99. The molecule has 0 amide bonds. The van der Waals surface area contributed by atoms with Gasteiger partial charge in [0.2, 0.25) is 0 Å². The molecular formula is C12H12BrF6N. The lowest BCUT2D eigenvalue weighted by atomic mass is 9.89. The molecule has 114 valence electrons. The number of aryl methyl sites for hydroxylation is 2. The van der Waals surface area contributed by atoms with Gasteiger partial charge in [-0.15, -0.1) is 0 Å². The maximum absolute atomic E-state index is 12.7. The van der Waals surface area contributed by atoms with E-state index in [2.05, 4.69) is 15.9 Å². The van der Waals surface area contributed by atoms with Gasteiger partial charge >= 0.3 is 12.4 Å². The van der Waals surface area contributed by atoms with Crippen molar-refractivity contribution in [3.63, 3.8) is 0 Å². The summed E-state index contributed by atoms with van der Waals surface area (Å²) in [6.07, 6.45) is -10.9. The fourth-order valence-corrected chi connectivity index (χ4v) is 2.39. The zero-order valence-electron chi connectivity index (χ0n) is 10.5. The molecule has 0 aliphatic carbocycles. The van der Waals surface area contributed by atoms with Crippen molar-refractivity contribution in [2.75, 3.05) is 0 Å². The normalized spacial score (nSPS) is 14.8. The van der Waals surface area contributed by atoms with Gasteiger partial charge in [-0.3, -0.25) is 0 Å². The van der Waals surface area contributed by atoms with Crippen LogP contribution >= 0.6 is 15.9 Å². The molecule has 0 spiro atoms. The Bertz CT molecular complexity index is 480. The van der Waals surface area contributed by atoms with Crippen LogP contribution in [0.3, 0.4) is 0 Å². The van der Waals surface area contributed by atoms with Gasteiger partial charge in [0.25, 0.3) is 0 Å². The molecule has 0 bridgehead atoms. The second-order valence-electron chi connectivity index (χ2n) is 4.54. The van der Waals surface area contributed by atoms with Crippen LogP contribution in [-0.4, -0.2) is 12.4 Å². The third-order valence-corrected chi connectivity index (χ3v) is 3.83. The van der Waals surface area contributed by atoms with Crippen LogP contribution < -0.4 is 5.73 Å². The van der Waals surface area contributed by atoms with E-state index in [1.165, 1.54) is 19.1 Å². The molecule has 0 aliphatic rings. The lowest BCUT2D eigenvalue weighted by Crippen LogP contribution is -2.44. The lowest BCUT2D eigenvalue weighted by Gasteiger charge is -2.29. The van der Waals surface area contributed by atoms with Crippen molar-refractivity contribution in [2.45, 2.75) is 32.2 Å². The first-order valence-electron chi connectivity index (χ1n) is 5.51. The van der Waals surface area contributed by atoms with Crippen LogP contribution in [0.2, 0.25) is 0 Å². The van der Waals surface area contributed by atoms with E-state index in [0.29, 0.717) is 10.0 Å². The summed E-state index contributed by atoms with van der Waals surface area (Å²) < 4.78 is 76.5. The predicted octanol–water partition coefficient (Wildman–Crippen LogP) is 4.81. The number of halogens is 7. The van der Waals surface area contributed by atoms with Crippen molar-refractivity contribution in [3.8, 4) is 0 Å². The van der Waals surface area contributed by atoms with E-state index in [1.807, 2.05) is 0 Å². The molecule has 0 saturated heterocycles. The van der Waals surface area contributed by atoms with Crippen LogP contribution in [0.5, 0.6) is 0 Å². The molecule has 8 heteroatoms. The van der Waals surface area contributed by atoms with Crippen molar-refractivity contribution >= 4 is 15.9 Å². The molecule has 1 aromatic carbocycles. The fraction of sp³-hybridized carbons (Fsp3) is 0.500. The van der Waals surface area contributed by atoms with Gasteiger partial charge in [0.1, 0.15) is 0 Å². The molecule has 0 aliphatic heterocycles. The number of benzene rings is 1. The standard InChI is InChI=1S/C12H12BrF6N/c1-5-4-8(13)6(2)3-7(5)9(20)10(11(14,15)16)12(17,18)19/h3-4,9-10H,20H2,1-2H3. The van der Waals surface area contributed by atoms with Crippen LogP contribution in [0.4, 0.5) is 26.3 Å². The molecule has 0 heterocycles. The largest absolute Gasteiger partial charge is 0.402 e. The smallest absolute Gasteiger partial charge is 0.323 e. The zero-order valence-corrected chi connectivity index (χ0v) is 12.1. The van der Waals surface area contributed by atoms with E-state index in [4.69, 9.17) is 5.73 Å². The second-order valence-corrected chi connectivity index (χ2v) is 5.40. The highest BCUT2D eigenvalue weighted by molar-refractivity contribution is 9.10. The summed E-state index contributed by atoms with van der Waals surface area (Å²) in [4.78, 5) is 0. The maximum atomic E-state index is 12.7. The minimum absolute atomic E-state index is 0.162. The van der Waals surface area contributed by atoms with E-state index in [-0.39, 0.29) is 11.1 Å². The monoisotopic (exact) mass is 363 g/mol. The molecule has 1 aromatic rings. The molecule has 0 fully saturated rings. The van der Waals surface area contributed by atoms with Crippen LogP contribution in [-0.2, 0) is 0 Å². The Hall–Kier alpha value is -0.760. The zero-order chi connectivity index (χ0) is 15.9. The maximum Gasteiger partial charge on any atom is 0.402 e. The van der Waals surface area contributed by atoms with Crippen molar-refractivity contribution in [2.24, 2.45) is 11.7 Å². The molecule has 0 radical (unpaired) electrons. The van der Waals surface area contributed by atoms with Gasteiger partial charge in [0.05, 0.1) is 6.04 Å². The first-order chi connectivity index (χ1) is 8.85. The van der Waals surface area contributed by atoms with Crippen molar-refractivity contribution in [3.05, 3.63) is 33.3 Å². The van der Waals surface area contributed by atoms with Crippen LogP contribution in [0.1, 0.15) is 22.7 Å². The Morgan fingerprint density at radius 2 is 1.40 bits per heavy atom. The molecule has 1 nitrogen and oxygen atoms in total. The molecule has 1 atom stereocenters. The number of rotatable bonds is 2. The highest BCUT2D eigenvalue weighted by Crippen LogP contribution is 2.46. The SMILES string of the molecule is Cc1cc(C(N)C(C(F)(F)F)C(F)(F)F)c(C)cc1Br. The summed E-state index contributed by atoms with van der Waals surface area (Å²) >= 11 is 3.16. The Morgan fingerprint density at radius 3 is 1.80 bits per heavy atom. The minimum atomic E-state index is -5.45.